The zero-order chi connectivity index (χ0) is 14.8. The van der Waals surface area contributed by atoms with E-state index in [1.54, 1.807) is 5.01 Å². The molecular formula is C11H18N4O4S. The number of nitrogens with zero attached hydrogens (tertiary/aromatic N) is 2. The number of rotatable bonds is 4. The van der Waals surface area contributed by atoms with Crippen molar-refractivity contribution in [3.05, 3.63) is 17.9 Å². The molecular weight excluding hydrogens is 284 g/mol. The van der Waals surface area contributed by atoms with E-state index in [1.165, 1.54) is 19.2 Å². The molecule has 0 bridgehead atoms. The minimum Gasteiger partial charge on any atom is -0.438 e. The van der Waals surface area contributed by atoms with Gasteiger partial charge in [0.15, 0.2) is 5.76 Å². The van der Waals surface area contributed by atoms with E-state index in [4.69, 9.17) is 4.42 Å². The molecule has 112 valence electrons. The molecule has 1 aliphatic heterocycles. The first kappa shape index (κ1) is 15.0. The molecule has 2 heterocycles. The van der Waals surface area contributed by atoms with Crippen LogP contribution in [-0.4, -0.2) is 64.5 Å². The Labute approximate surface area is 117 Å². The molecule has 2 rings (SSSR count). The highest BCUT2D eigenvalue weighted by molar-refractivity contribution is 7.89. The Balaban J connectivity index is 2.00. The highest BCUT2D eigenvalue weighted by Crippen LogP contribution is 2.13. The molecule has 1 amide bonds. The lowest BCUT2D eigenvalue weighted by molar-refractivity contribution is 0.0632. The normalized spacial score (nSPS) is 18.1. The lowest BCUT2D eigenvalue weighted by Crippen LogP contribution is -2.52. The van der Waals surface area contributed by atoms with Crippen LogP contribution in [0.2, 0.25) is 0 Å². The number of likely N-dealkylation sites (N-methyl/N-ethyl adjacent to an activating group) is 1. The van der Waals surface area contributed by atoms with Crippen LogP contribution in [0.5, 0.6) is 0 Å². The maximum absolute atomic E-state index is 11.9. The van der Waals surface area contributed by atoms with Crippen molar-refractivity contribution < 1.29 is 17.6 Å². The average Bonchev–Trinajstić information content (AvgIpc) is 2.92. The Kier molecular flexibility index (Phi) is 4.43. The minimum absolute atomic E-state index is 0.0299. The molecule has 0 unspecified atom stereocenters. The fourth-order valence-corrected chi connectivity index (χ4v) is 2.45. The average molecular weight is 302 g/mol. The number of hydrogen-bond donors (Lipinski definition) is 2. The van der Waals surface area contributed by atoms with Gasteiger partial charge in [-0.3, -0.25) is 10.2 Å². The summed E-state index contributed by atoms with van der Waals surface area (Å²) in [4.78, 5) is 14.1. The molecule has 0 atom stereocenters. The third-order valence-corrected chi connectivity index (χ3v) is 4.39. The van der Waals surface area contributed by atoms with Gasteiger partial charge in [0.2, 0.25) is 5.09 Å². The second-order valence-electron chi connectivity index (χ2n) is 4.56. The van der Waals surface area contributed by atoms with Crippen LogP contribution in [0.1, 0.15) is 10.6 Å². The van der Waals surface area contributed by atoms with Crippen LogP contribution in [0.3, 0.4) is 0 Å². The lowest BCUT2D eigenvalue weighted by Gasteiger charge is -2.32. The van der Waals surface area contributed by atoms with Crippen molar-refractivity contribution in [3.8, 4) is 0 Å². The van der Waals surface area contributed by atoms with Crippen LogP contribution in [-0.2, 0) is 10.0 Å². The van der Waals surface area contributed by atoms with E-state index in [-0.39, 0.29) is 10.9 Å². The number of carbonyl (C=O) groups is 1. The quantitative estimate of drug-likeness (QED) is 0.747. The van der Waals surface area contributed by atoms with Gasteiger partial charge in [-0.05, 0) is 26.2 Å². The van der Waals surface area contributed by atoms with Crippen LogP contribution in [0.25, 0.3) is 0 Å². The third-order valence-electron chi connectivity index (χ3n) is 3.10. The summed E-state index contributed by atoms with van der Waals surface area (Å²) >= 11 is 0. The zero-order valence-corrected chi connectivity index (χ0v) is 12.2. The first-order valence-corrected chi connectivity index (χ1v) is 7.68. The summed E-state index contributed by atoms with van der Waals surface area (Å²) in [6.07, 6.45) is 0. The lowest BCUT2D eigenvalue weighted by atomic mass is 10.4. The zero-order valence-electron chi connectivity index (χ0n) is 11.4. The predicted octanol–water partition coefficient (Wildman–Crippen LogP) is -0.920. The van der Waals surface area contributed by atoms with Crippen molar-refractivity contribution in [1.29, 1.82) is 0 Å². The smallest absolute Gasteiger partial charge is 0.301 e. The van der Waals surface area contributed by atoms with E-state index in [9.17, 15) is 13.2 Å². The topological polar surface area (TPSA) is 94.9 Å². The number of carbonyl (C=O) groups excluding carboxylic acids is 1. The van der Waals surface area contributed by atoms with Crippen molar-refractivity contribution in [2.24, 2.45) is 0 Å². The van der Waals surface area contributed by atoms with Crippen LogP contribution in [0, 0.1) is 0 Å². The highest BCUT2D eigenvalue weighted by Gasteiger charge is 2.22. The van der Waals surface area contributed by atoms with Gasteiger partial charge in [0, 0.05) is 26.2 Å². The number of sulfonamides is 1. The van der Waals surface area contributed by atoms with Crippen LogP contribution in [0.15, 0.2) is 21.6 Å². The van der Waals surface area contributed by atoms with Crippen LogP contribution >= 0.6 is 0 Å². The fraction of sp³-hybridized carbons (Fsp3) is 0.545. The van der Waals surface area contributed by atoms with Crippen molar-refractivity contribution in [2.75, 3.05) is 40.3 Å². The number of hydrogen-bond acceptors (Lipinski definition) is 6. The van der Waals surface area contributed by atoms with Gasteiger partial charge in [0.25, 0.3) is 10.0 Å². The maximum atomic E-state index is 11.9. The summed E-state index contributed by atoms with van der Waals surface area (Å²) < 4.78 is 30.2. The second-order valence-corrected chi connectivity index (χ2v) is 6.37. The van der Waals surface area contributed by atoms with E-state index in [0.29, 0.717) is 13.1 Å². The number of piperazine rings is 1. The molecule has 9 heteroatoms. The largest absolute Gasteiger partial charge is 0.438 e. The van der Waals surface area contributed by atoms with Crippen molar-refractivity contribution in [3.63, 3.8) is 0 Å². The standard InChI is InChI=1S/C11H18N4O4S/c1-12-20(17,18)10-4-3-9(19-10)11(16)13-15-7-5-14(2)6-8-15/h3-4,12H,5-8H2,1-2H3,(H,13,16). The SMILES string of the molecule is CNS(=O)(=O)c1ccc(C(=O)NN2CCN(C)CC2)o1. The number of nitrogens with one attached hydrogen (secondary N) is 2. The summed E-state index contributed by atoms with van der Waals surface area (Å²) in [6, 6.07) is 2.60. The molecule has 1 aromatic heterocycles. The molecule has 0 radical (unpaired) electrons. The Morgan fingerprint density at radius 1 is 1.25 bits per heavy atom. The summed E-state index contributed by atoms with van der Waals surface area (Å²) in [5.74, 6) is -0.482. The highest BCUT2D eigenvalue weighted by atomic mass is 32.2. The molecule has 8 nitrogen and oxygen atoms in total. The van der Waals surface area contributed by atoms with Gasteiger partial charge in [-0.2, -0.15) is 0 Å². The van der Waals surface area contributed by atoms with Gasteiger partial charge >= 0.3 is 5.91 Å². The number of amides is 1. The summed E-state index contributed by atoms with van der Waals surface area (Å²) in [7, 11) is -0.374. The van der Waals surface area contributed by atoms with Gasteiger partial charge in [0.05, 0.1) is 0 Å². The molecule has 2 N–H and O–H groups in total. The molecule has 0 spiro atoms. The summed E-state index contributed by atoms with van der Waals surface area (Å²) in [5, 5.41) is 1.51. The van der Waals surface area contributed by atoms with Gasteiger partial charge in [0.1, 0.15) is 0 Å². The molecule has 0 aromatic carbocycles. The molecule has 1 aliphatic rings. The molecule has 1 saturated heterocycles. The van der Waals surface area contributed by atoms with E-state index in [2.05, 4.69) is 15.0 Å². The van der Waals surface area contributed by atoms with Gasteiger partial charge in [-0.15, -0.1) is 0 Å². The fourth-order valence-electron chi connectivity index (χ4n) is 1.80. The first-order valence-electron chi connectivity index (χ1n) is 6.20. The Morgan fingerprint density at radius 2 is 1.90 bits per heavy atom. The van der Waals surface area contributed by atoms with Crippen LogP contribution < -0.4 is 10.1 Å². The molecule has 20 heavy (non-hydrogen) atoms. The Morgan fingerprint density at radius 3 is 2.50 bits per heavy atom. The molecule has 1 aromatic rings. The minimum atomic E-state index is -3.67. The van der Waals surface area contributed by atoms with E-state index in [0.717, 1.165) is 13.1 Å². The van der Waals surface area contributed by atoms with E-state index >= 15 is 0 Å². The second kappa shape index (κ2) is 5.92. The van der Waals surface area contributed by atoms with Gasteiger partial charge in [-0.25, -0.2) is 18.1 Å². The first-order chi connectivity index (χ1) is 9.42. The van der Waals surface area contributed by atoms with E-state index in [1.807, 2.05) is 7.05 Å². The Bertz CT molecular complexity index is 575. The van der Waals surface area contributed by atoms with Gasteiger partial charge < -0.3 is 9.32 Å². The van der Waals surface area contributed by atoms with Crippen molar-refractivity contribution in [1.82, 2.24) is 20.1 Å². The molecule has 1 fully saturated rings. The summed E-state index contributed by atoms with van der Waals surface area (Å²) in [6.45, 7) is 3.14. The third kappa shape index (κ3) is 3.37. The predicted molar refractivity (Wildman–Crippen MR) is 71.5 cm³/mol. The number of hydrazine groups is 1. The maximum Gasteiger partial charge on any atom is 0.301 e. The van der Waals surface area contributed by atoms with E-state index < -0.39 is 15.9 Å². The monoisotopic (exact) mass is 302 g/mol. The van der Waals surface area contributed by atoms with Crippen molar-refractivity contribution in [2.45, 2.75) is 5.09 Å². The molecule has 0 saturated carbocycles. The van der Waals surface area contributed by atoms with Crippen molar-refractivity contribution >= 4 is 15.9 Å². The van der Waals surface area contributed by atoms with Gasteiger partial charge in [-0.1, -0.05) is 0 Å². The number of furan rings is 1. The summed E-state index contributed by atoms with van der Waals surface area (Å²) in [5.41, 5.74) is 2.70. The van der Waals surface area contributed by atoms with Crippen LogP contribution in [0.4, 0.5) is 0 Å². The Hall–Kier alpha value is -1.42. The molecule has 0 aliphatic carbocycles.